The van der Waals surface area contributed by atoms with Crippen molar-refractivity contribution in [2.75, 3.05) is 39.6 Å². The molecule has 1 atom stereocenters. The molecule has 1 N–H and O–H groups in total. The van der Waals surface area contributed by atoms with E-state index < -0.39 is 11.9 Å². The molecule has 2 heterocycles. The summed E-state index contributed by atoms with van der Waals surface area (Å²) < 4.78 is 16.4. The Balaban J connectivity index is 1.47. The van der Waals surface area contributed by atoms with Crippen molar-refractivity contribution in [3.63, 3.8) is 0 Å². The average molecular weight is 445 g/mol. The third-order valence-electron chi connectivity index (χ3n) is 5.53. The molecular weight excluding hydrogens is 412 g/mol. The Morgan fingerprint density at radius 2 is 1.72 bits per heavy atom. The third kappa shape index (κ3) is 5.82. The van der Waals surface area contributed by atoms with Gasteiger partial charge in [0.15, 0.2) is 0 Å². The molecule has 1 aromatic carbocycles. The number of benzene rings is 1. The van der Waals surface area contributed by atoms with Crippen LogP contribution < -0.4 is 5.32 Å². The number of fused-ring (bicyclic) bond motifs is 1. The van der Waals surface area contributed by atoms with Crippen LogP contribution in [0.25, 0.3) is 5.70 Å². The number of ether oxygens (including phenoxy) is 3. The zero-order chi connectivity index (χ0) is 22.9. The van der Waals surface area contributed by atoms with Gasteiger partial charge in [-0.25, -0.2) is 0 Å². The molecule has 2 aliphatic rings. The van der Waals surface area contributed by atoms with Crippen molar-refractivity contribution < 1.29 is 28.6 Å². The number of imide groups is 1. The van der Waals surface area contributed by atoms with Gasteiger partial charge in [0.05, 0.1) is 32.0 Å². The quantitative estimate of drug-likeness (QED) is 0.371. The molecule has 32 heavy (non-hydrogen) atoms. The first kappa shape index (κ1) is 24.1. The summed E-state index contributed by atoms with van der Waals surface area (Å²) in [6.07, 6.45) is 2.95. The van der Waals surface area contributed by atoms with Crippen LogP contribution in [-0.2, 0) is 30.2 Å². The molecule has 0 aliphatic carbocycles. The molecule has 8 heteroatoms. The summed E-state index contributed by atoms with van der Waals surface area (Å²) in [4.78, 5) is 38.4. The Kier molecular flexibility index (Phi) is 8.96. The Bertz CT molecular complexity index is 853. The lowest BCUT2D eigenvalue weighted by Crippen LogP contribution is -2.52. The highest BCUT2D eigenvalue weighted by atomic mass is 16.5. The maximum atomic E-state index is 13.2. The first-order valence-corrected chi connectivity index (χ1v) is 11.3. The standard InChI is InChI=1S/C24H32N2O6/c1-3-11-30-13-15-32-16-14-31-12-5-7-18-6-4-8-19-17(2)26(24(29)22(18)19)20-9-10-21(27)25-23(20)28/h4,6,8,20H,2-3,5,7,9-16H2,1H3,(H,25,27,28). The summed E-state index contributed by atoms with van der Waals surface area (Å²) in [6, 6.07) is 4.97. The lowest BCUT2D eigenvalue weighted by atomic mass is 9.99. The van der Waals surface area contributed by atoms with E-state index in [1.165, 1.54) is 4.90 Å². The van der Waals surface area contributed by atoms with Crippen molar-refractivity contribution in [3.8, 4) is 0 Å². The number of aryl methyl sites for hydroxylation is 1. The van der Waals surface area contributed by atoms with Crippen LogP contribution in [0, 0.1) is 0 Å². The van der Waals surface area contributed by atoms with Gasteiger partial charge in [-0.15, -0.1) is 0 Å². The van der Waals surface area contributed by atoms with Gasteiger partial charge in [-0.05, 0) is 31.2 Å². The predicted molar refractivity (Wildman–Crippen MR) is 119 cm³/mol. The lowest BCUT2D eigenvalue weighted by molar-refractivity contribution is -0.136. The van der Waals surface area contributed by atoms with E-state index in [4.69, 9.17) is 14.2 Å². The molecule has 2 aliphatic heterocycles. The number of carbonyl (C=O) groups is 3. The number of hydrogen-bond acceptors (Lipinski definition) is 6. The van der Waals surface area contributed by atoms with Crippen molar-refractivity contribution in [1.29, 1.82) is 0 Å². The monoisotopic (exact) mass is 444 g/mol. The molecule has 1 fully saturated rings. The van der Waals surface area contributed by atoms with Gasteiger partial charge in [0, 0.05) is 30.9 Å². The summed E-state index contributed by atoms with van der Waals surface area (Å²) in [7, 11) is 0. The molecule has 0 spiro atoms. The highest BCUT2D eigenvalue weighted by molar-refractivity contribution is 6.13. The second-order valence-electron chi connectivity index (χ2n) is 7.87. The molecule has 0 bridgehead atoms. The fourth-order valence-corrected chi connectivity index (χ4v) is 3.98. The van der Waals surface area contributed by atoms with E-state index in [1.807, 2.05) is 18.2 Å². The number of nitrogens with zero attached hydrogens (tertiary/aromatic N) is 1. The Labute approximate surface area is 188 Å². The number of amides is 3. The summed E-state index contributed by atoms with van der Waals surface area (Å²) in [5.41, 5.74) is 2.77. The van der Waals surface area contributed by atoms with E-state index in [1.54, 1.807) is 0 Å². The molecule has 8 nitrogen and oxygen atoms in total. The summed E-state index contributed by atoms with van der Waals surface area (Å²) >= 11 is 0. The normalized spacial score (nSPS) is 18.3. The molecular formula is C24H32N2O6. The third-order valence-corrected chi connectivity index (χ3v) is 5.53. The summed E-state index contributed by atoms with van der Waals surface area (Å²) in [6.45, 7) is 9.64. The number of hydrogen-bond donors (Lipinski definition) is 1. The highest BCUT2D eigenvalue weighted by Crippen LogP contribution is 2.37. The van der Waals surface area contributed by atoms with Crippen molar-refractivity contribution in [3.05, 3.63) is 41.5 Å². The van der Waals surface area contributed by atoms with E-state index in [2.05, 4.69) is 18.8 Å². The van der Waals surface area contributed by atoms with Gasteiger partial charge in [-0.3, -0.25) is 24.6 Å². The van der Waals surface area contributed by atoms with Crippen LogP contribution in [0.4, 0.5) is 0 Å². The van der Waals surface area contributed by atoms with Crippen molar-refractivity contribution in [1.82, 2.24) is 10.2 Å². The summed E-state index contributed by atoms with van der Waals surface area (Å²) in [5, 5.41) is 2.32. The van der Waals surface area contributed by atoms with Gasteiger partial charge >= 0.3 is 0 Å². The smallest absolute Gasteiger partial charge is 0.259 e. The largest absolute Gasteiger partial charge is 0.379 e. The molecule has 174 valence electrons. The SMILES string of the molecule is C=C1c2cccc(CCCOCCOCCOCCC)c2C(=O)N1C1CCC(=O)NC1=O. The van der Waals surface area contributed by atoms with Gasteiger partial charge < -0.3 is 14.2 Å². The van der Waals surface area contributed by atoms with Gasteiger partial charge in [0.2, 0.25) is 11.8 Å². The van der Waals surface area contributed by atoms with Crippen LogP contribution in [0.2, 0.25) is 0 Å². The van der Waals surface area contributed by atoms with E-state index in [-0.39, 0.29) is 18.2 Å². The number of nitrogens with one attached hydrogen (secondary N) is 1. The maximum Gasteiger partial charge on any atom is 0.259 e. The van der Waals surface area contributed by atoms with E-state index in [9.17, 15) is 14.4 Å². The van der Waals surface area contributed by atoms with Crippen molar-refractivity contribution >= 4 is 23.4 Å². The second-order valence-corrected chi connectivity index (χ2v) is 7.87. The minimum absolute atomic E-state index is 0.212. The zero-order valence-electron chi connectivity index (χ0n) is 18.7. The van der Waals surface area contributed by atoms with Crippen LogP contribution in [0.5, 0.6) is 0 Å². The fourth-order valence-electron chi connectivity index (χ4n) is 3.98. The first-order valence-electron chi connectivity index (χ1n) is 11.3. The van der Waals surface area contributed by atoms with E-state index in [0.717, 1.165) is 30.6 Å². The van der Waals surface area contributed by atoms with E-state index in [0.29, 0.717) is 57.1 Å². The van der Waals surface area contributed by atoms with Gasteiger partial charge in [-0.1, -0.05) is 31.7 Å². The number of carbonyl (C=O) groups excluding carboxylic acids is 3. The fraction of sp³-hybridized carbons (Fsp3) is 0.542. The van der Waals surface area contributed by atoms with Crippen LogP contribution in [0.1, 0.15) is 54.1 Å². The molecule has 0 saturated carbocycles. The molecule has 1 unspecified atom stereocenters. The minimum Gasteiger partial charge on any atom is -0.379 e. The molecule has 1 aromatic rings. The number of piperidine rings is 1. The lowest BCUT2D eigenvalue weighted by Gasteiger charge is -2.30. The number of rotatable bonds is 13. The molecule has 3 rings (SSSR count). The maximum absolute atomic E-state index is 13.2. The molecule has 0 aromatic heterocycles. The van der Waals surface area contributed by atoms with Crippen LogP contribution in [0.3, 0.4) is 0 Å². The van der Waals surface area contributed by atoms with Crippen molar-refractivity contribution in [2.45, 2.75) is 45.1 Å². The first-order chi connectivity index (χ1) is 15.5. The Morgan fingerprint density at radius 1 is 1.03 bits per heavy atom. The van der Waals surface area contributed by atoms with Crippen LogP contribution in [-0.4, -0.2) is 68.3 Å². The molecule has 1 saturated heterocycles. The van der Waals surface area contributed by atoms with Crippen LogP contribution in [0.15, 0.2) is 24.8 Å². The molecule has 0 radical (unpaired) electrons. The molecule has 3 amide bonds. The van der Waals surface area contributed by atoms with Gasteiger partial charge in [0.25, 0.3) is 5.91 Å². The summed E-state index contributed by atoms with van der Waals surface area (Å²) in [5.74, 6) is -0.982. The van der Waals surface area contributed by atoms with Gasteiger partial charge in [0.1, 0.15) is 6.04 Å². The second kappa shape index (κ2) is 11.9. The van der Waals surface area contributed by atoms with Crippen molar-refractivity contribution in [2.24, 2.45) is 0 Å². The zero-order valence-corrected chi connectivity index (χ0v) is 18.7. The minimum atomic E-state index is -0.705. The van der Waals surface area contributed by atoms with Crippen LogP contribution >= 0.6 is 0 Å². The highest BCUT2D eigenvalue weighted by Gasteiger charge is 2.42. The van der Waals surface area contributed by atoms with Gasteiger partial charge in [-0.2, -0.15) is 0 Å². The van der Waals surface area contributed by atoms with E-state index >= 15 is 0 Å². The topological polar surface area (TPSA) is 94.2 Å². The predicted octanol–water partition coefficient (Wildman–Crippen LogP) is 2.31. The average Bonchev–Trinajstić information content (AvgIpc) is 3.03. The Morgan fingerprint density at radius 3 is 2.41 bits per heavy atom. The Hall–Kier alpha value is -2.55.